The number of halogens is 3. The van der Waals surface area contributed by atoms with Gasteiger partial charge in [0.25, 0.3) is 0 Å². The van der Waals surface area contributed by atoms with Gasteiger partial charge in [0.15, 0.2) is 0 Å². The van der Waals surface area contributed by atoms with E-state index < -0.39 is 30.7 Å². The van der Waals surface area contributed by atoms with Crippen molar-refractivity contribution in [3.63, 3.8) is 0 Å². The third-order valence-electron chi connectivity index (χ3n) is 2.68. The van der Waals surface area contributed by atoms with Crippen molar-refractivity contribution in [2.45, 2.75) is 37.9 Å². The quantitative estimate of drug-likeness (QED) is 0.742. The lowest BCUT2D eigenvalue weighted by molar-refractivity contribution is -0.189. The van der Waals surface area contributed by atoms with Crippen LogP contribution in [0.15, 0.2) is 0 Å². The highest BCUT2D eigenvalue weighted by molar-refractivity contribution is 5.77. The number of aliphatic hydroxyl groups is 1. The van der Waals surface area contributed by atoms with Crippen LogP contribution in [0.5, 0.6) is 0 Å². The summed E-state index contributed by atoms with van der Waals surface area (Å²) in [6, 6.07) is -0.876. The highest BCUT2D eigenvalue weighted by Crippen LogP contribution is 2.37. The molecule has 0 saturated heterocycles. The van der Waals surface area contributed by atoms with Gasteiger partial charge >= 0.3 is 6.18 Å². The molecule has 15 heavy (non-hydrogen) atoms. The molecule has 88 valence electrons. The molecule has 0 radical (unpaired) electrons. The van der Waals surface area contributed by atoms with E-state index in [0.29, 0.717) is 19.3 Å². The van der Waals surface area contributed by atoms with Gasteiger partial charge in [0, 0.05) is 6.04 Å². The number of hydrogen-bond donors (Lipinski definition) is 2. The number of hydrogen-bond acceptors (Lipinski definition) is 2. The fourth-order valence-corrected chi connectivity index (χ4v) is 1.95. The summed E-state index contributed by atoms with van der Waals surface area (Å²) in [7, 11) is 0. The molecule has 1 aliphatic carbocycles. The van der Waals surface area contributed by atoms with Gasteiger partial charge in [0.1, 0.15) is 6.61 Å². The normalized spacial score (nSPS) is 27.5. The summed E-state index contributed by atoms with van der Waals surface area (Å²) in [6.45, 7) is -0.763. The molecule has 0 aliphatic heterocycles. The summed E-state index contributed by atoms with van der Waals surface area (Å²) in [4.78, 5) is 10.8. The molecule has 3 nitrogen and oxygen atoms in total. The number of nitrogens with one attached hydrogen (secondary N) is 1. The second kappa shape index (κ2) is 4.83. The Morgan fingerprint density at radius 2 is 1.93 bits per heavy atom. The van der Waals surface area contributed by atoms with Crippen LogP contribution in [-0.2, 0) is 4.79 Å². The SMILES string of the molecule is O=C(CO)N[C@@H]1CCCC[C@@H]1C(F)(F)F. The predicted octanol–water partition coefficient (Wildman–Crippen LogP) is 1.22. The Balaban J connectivity index is 2.62. The zero-order valence-electron chi connectivity index (χ0n) is 8.18. The second-order valence-electron chi connectivity index (χ2n) is 3.76. The molecule has 0 unspecified atom stereocenters. The lowest BCUT2D eigenvalue weighted by atomic mass is 9.84. The minimum Gasteiger partial charge on any atom is -0.387 e. The van der Waals surface area contributed by atoms with E-state index in [1.54, 1.807) is 0 Å². The Labute approximate surface area is 85.7 Å². The van der Waals surface area contributed by atoms with Gasteiger partial charge in [-0.2, -0.15) is 13.2 Å². The zero-order chi connectivity index (χ0) is 11.5. The van der Waals surface area contributed by atoms with Crippen molar-refractivity contribution in [3.05, 3.63) is 0 Å². The molecule has 1 amide bonds. The summed E-state index contributed by atoms with van der Waals surface area (Å²) in [5.41, 5.74) is 0. The third-order valence-corrected chi connectivity index (χ3v) is 2.68. The molecular formula is C9H14F3NO2. The average molecular weight is 225 g/mol. The number of amides is 1. The lowest BCUT2D eigenvalue weighted by Gasteiger charge is -2.33. The van der Waals surface area contributed by atoms with Gasteiger partial charge in [-0.1, -0.05) is 12.8 Å². The molecule has 0 aromatic carbocycles. The van der Waals surface area contributed by atoms with Gasteiger partial charge in [0.2, 0.25) is 5.91 Å². The van der Waals surface area contributed by atoms with Crippen LogP contribution in [0.3, 0.4) is 0 Å². The van der Waals surface area contributed by atoms with Crippen molar-refractivity contribution in [1.82, 2.24) is 5.32 Å². The molecule has 6 heteroatoms. The van der Waals surface area contributed by atoms with Crippen molar-refractivity contribution in [2.75, 3.05) is 6.61 Å². The fourth-order valence-electron chi connectivity index (χ4n) is 1.95. The Hall–Kier alpha value is -0.780. The molecule has 0 spiro atoms. The molecule has 0 aromatic heterocycles. The topological polar surface area (TPSA) is 49.3 Å². The molecule has 2 atom stereocenters. The number of alkyl halides is 3. The van der Waals surface area contributed by atoms with E-state index in [1.807, 2.05) is 0 Å². The van der Waals surface area contributed by atoms with Gasteiger partial charge in [-0.3, -0.25) is 4.79 Å². The summed E-state index contributed by atoms with van der Waals surface area (Å²) in [6.07, 6.45) is -2.66. The van der Waals surface area contributed by atoms with Crippen molar-refractivity contribution < 1.29 is 23.1 Å². The number of carbonyl (C=O) groups is 1. The van der Waals surface area contributed by atoms with Crippen LogP contribution in [0, 0.1) is 5.92 Å². The zero-order valence-corrected chi connectivity index (χ0v) is 8.18. The van der Waals surface area contributed by atoms with Crippen LogP contribution < -0.4 is 5.32 Å². The van der Waals surface area contributed by atoms with E-state index >= 15 is 0 Å². The largest absolute Gasteiger partial charge is 0.393 e. The molecule has 0 heterocycles. The first kappa shape index (κ1) is 12.3. The van der Waals surface area contributed by atoms with Crippen LogP contribution >= 0.6 is 0 Å². The first-order valence-electron chi connectivity index (χ1n) is 4.92. The van der Waals surface area contributed by atoms with E-state index in [2.05, 4.69) is 5.32 Å². The molecule has 2 N–H and O–H groups in total. The molecular weight excluding hydrogens is 211 g/mol. The Bertz CT molecular complexity index is 230. The van der Waals surface area contributed by atoms with E-state index in [1.165, 1.54) is 0 Å². The Kier molecular flexibility index (Phi) is 3.96. The molecule has 1 saturated carbocycles. The molecule has 0 bridgehead atoms. The molecule has 1 rings (SSSR count). The summed E-state index contributed by atoms with van der Waals surface area (Å²) < 4.78 is 37.6. The maximum absolute atomic E-state index is 12.5. The maximum Gasteiger partial charge on any atom is 0.393 e. The van der Waals surface area contributed by atoms with E-state index in [4.69, 9.17) is 5.11 Å². The smallest absolute Gasteiger partial charge is 0.387 e. The summed E-state index contributed by atoms with van der Waals surface area (Å²) >= 11 is 0. The van der Waals surface area contributed by atoms with Crippen molar-refractivity contribution >= 4 is 5.91 Å². The van der Waals surface area contributed by atoms with Crippen molar-refractivity contribution in [2.24, 2.45) is 5.92 Å². The summed E-state index contributed by atoms with van der Waals surface area (Å²) in [5.74, 6) is -2.21. The van der Waals surface area contributed by atoms with Gasteiger partial charge in [0.05, 0.1) is 5.92 Å². The van der Waals surface area contributed by atoms with Crippen molar-refractivity contribution in [1.29, 1.82) is 0 Å². The van der Waals surface area contributed by atoms with E-state index in [-0.39, 0.29) is 6.42 Å². The van der Waals surface area contributed by atoms with Crippen molar-refractivity contribution in [3.8, 4) is 0 Å². The molecule has 1 aliphatic rings. The highest BCUT2D eigenvalue weighted by atomic mass is 19.4. The van der Waals surface area contributed by atoms with Crippen LogP contribution in [0.2, 0.25) is 0 Å². The number of carbonyl (C=O) groups excluding carboxylic acids is 1. The number of rotatable bonds is 2. The number of aliphatic hydroxyl groups excluding tert-OH is 1. The minimum atomic E-state index is -4.27. The monoisotopic (exact) mass is 225 g/mol. The standard InChI is InChI=1S/C9H14F3NO2/c10-9(11,12)6-3-1-2-4-7(6)13-8(15)5-14/h6-7,14H,1-5H2,(H,13,15)/t6-,7+/m0/s1. The lowest BCUT2D eigenvalue weighted by Crippen LogP contribution is -2.48. The highest BCUT2D eigenvalue weighted by Gasteiger charge is 2.45. The minimum absolute atomic E-state index is 0.0554. The molecule has 0 aromatic rings. The van der Waals surface area contributed by atoms with Gasteiger partial charge in [-0.25, -0.2) is 0 Å². The Morgan fingerprint density at radius 3 is 2.47 bits per heavy atom. The second-order valence-corrected chi connectivity index (χ2v) is 3.76. The van der Waals surface area contributed by atoms with Crippen LogP contribution in [-0.4, -0.2) is 29.8 Å². The summed E-state index contributed by atoms with van der Waals surface area (Å²) in [5, 5.41) is 10.7. The fraction of sp³-hybridized carbons (Fsp3) is 0.889. The van der Waals surface area contributed by atoms with Crippen LogP contribution in [0.1, 0.15) is 25.7 Å². The van der Waals surface area contributed by atoms with E-state index in [9.17, 15) is 18.0 Å². The van der Waals surface area contributed by atoms with E-state index in [0.717, 1.165) is 0 Å². The predicted molar refractivity (Wildman–Crippen MR) is 47.0 cm³/mol. The first-order valence-corrected chi connectivity index (χ1v) is 4.92. The van der Waals surface area contributed by atoms with Crippen LogP contribution in [0.25, 0.3) is 0 Å². The average Bonchev–Trinajstić information content (AvgIpc) is 2.17. The van der Waals surface area contributed by atoms with Crippen LogP contribution in [0.4, 0.5) is 13.2 Å². The van der Waals surface area contributed by atoms with Gasteiger partial charge in [-0.05, 0) is 12.8 Å². The molecule has 1 fully saturated rings. The maximum atomic E-state index is 12.5. The van der Waals surface area contributed by atoms with Gasteiger partial charge in [-0.15, -0.1) is 0 Å². The third kappa shape index (κ3) is 3.37. The Morgan fingerprint density at radius 1 is 1.33 bits per heavy atom. The van der Waals surface area contributed by atoms with Gasteiger partial charge < -0.3 is 10.4 Å². The first-order chi connectivity index (χ1) is 6.95.